The Morgan fingerprint density at radius 1 is 1.33 bits per heavy atom. The molecule has 0 unspecified atom stereocenters. The van der Waals surface area contributed by atoms with Gasteiger partial charge in [-0.3, -0.25) is 9.79 Å². The molecule has 1 N–H and O–H groups in total. The molecular weight excluding hydrogens is 264 g/mol. The molecule has 0 saturated heterocycles. The third-order valence-electron chi connectivity index (χ3n) is 3.76. The van der Waals surface area contributed by atoms with Crippen LogP contribution in [0.1, 0.15) is 17.5 Å². The topological polar surface area (TPSA) is 47.9 Å². The zero-order chi connectivity index (χ0) is 15.2. The summed E-state index contributed by atoms with van der Waals surface area (Å²) in [5, 5.41) is 3.28. The summed E-state index contributed by atoms with van der Waals surface area (Å²) in [6.45, 7) is 2.44. The zero-order valence-electron chi connectivity index (χ0n) is 13.1. The molecule has 1 aliphatic heterocycles. The van der Waals surface area contributed by atoms with Gasteiger partial charge in [0.1, 0.15) is 0 Å². The molecular formula is C16H24N4O. The molecule has 21 heavy (non-hydrogen) atoms. The minimum atomic E-state index is 0.127. The number of amides is 1. The molecule has 1 heterocycles. The molecule has 0 fully saturated rings. The van der Waals surface area contributed by atoms with Gasteiger partial charge in [-0.2, -0.15) is 0 Å². The van der Waals surface area contributed by atoms with Crippen LogP contribution in [0.15, 0.2) is 29.3 Å². The van der Waals surface area contributed by atoms with Crippen LogP contribution in [-0.2, 0) is 17.8 Å². The fourth-order valence-electron chi connectivity index (χ4n) is 2.51. The van der Waals surface area contributed by atoms with Crippen molar-refractivity contribution >= 4 is 11.9 Å². The number of nitrogens with one attached hydrogen (secondary N) is 1. The Bertz CT molecular complexity index is 525. The highest BCUT2D eigenvalue weighted by Crippen LogP contribution is 2.18. The van der Waals surface area contributed by atoms with Crippen LogP contribution in [0, 0.1) is 0 Å². The SMILES string of the molecule is CN=C(NCCC(=O)N(C)C)N1CCc2ccccc2C1. The minimum absolute atomic E-state index is 0.127. The quantitative estimate of drug-likeness (QED) is 0.669. The number of nitrogens with zero attached hydrogens (tertiary/aromatic N) is 3. The number of carbonyl (C=O) groups excluding carboxylic acids is 1. The second-order valence-electron chi connectivity index (χ2n) is 5.45. The van der Waals surface area contributed by atoms with Crippen LogP contribution in [0.4, 0.5) is 0 Å². The average Bonchev–Trinajstić information content (AvgIpc) is 2.50. The van der Waals surface area contributed by atoms with E-state index in [1.54, 1.807) is 26.0 Å². The molecule has 1 aromatic carbocycles. The van der Waals surface area contributed by atoms with Crippen LogP contribution in [-0.4, -0.2) is 55.9 Å². The van der Waals surface area contributed by atoms with Crippen molar-refractivity contribution in [2.75, 3.05) is 34.2 Å². The van der Waals surface area contributed by atoms with Crippen molar-refractivity contribution in [1.82, 2.24) is 15.1 Å². The first kappa shape index (κ1) is 15.4. The van der Waals surface area contributed by atoms with Crippen LogP contribution in [0.5, 0.6) is 0 Å². The first-order chi connectivity index (χ1) is 10.1. The predicted octanol–water partition coefficient (Wildman–Crippen LogP) is 1.10. The molecule has 1 amide bonds. The Balaban J connectivity index is 1.90. The van der Waals surface area contributed by atoms with Gasteiger partial charge in [0, 0.05) is 47.2 Å². The predicted molar refractivity (Wildman–Crippen MR) is 85.2 cm³/mol. The molecule has 114 valence electrons. The standard InChI is InChI=1S/C16H24N4O/c1-17-16(18-10-8-15(21)19(2)3)20-11-9-13-6-4-5-7-14(13)12-20/h4-7H,8-12H2,1-3H3,(H,17,18). The summed E-state index contributed by atoms with van der Waals surface area (Å²) < 4.78 is 0. The van der Waals surface area contributed by atoms with Gasteiger partial charge < -0.3 is 15.1 Å². The van der Waals surface area contributed by atoms with E-state index in [9.17, 15) is 4.79 Å². The van der Waals surface area contributed by atoms with Gasteiger partial charge in [-0.25, -0.2) is 0 Å². The maximum atomic E-state index is 11.6. The highest BCUT2D eigenvalue weighted by atomic mass is 16.2. The number of aliphatic imine (C=N–C) groups is 1. The lowest BCUT2D eigenvalue weighted by atomic mass is 10.0. The number of benzene rings is 1. The molecule has 1 aliphatic rings. The van der Waals surface area contributed by atoms with E-state index in [0.717, 1.165) is 25.5 Å². The van der Waals surface area contributed by atoms with E-state index in [1.165, 1.54) is 11.1 Å². The smallest absolute Gasteiger partial charge is 0.223 e. The molecule has 0 aliphatic carbocycles. The van der Waals surface area contributed by atoms with Crippen LogP contribution < -0.4 is 5.32 Å². The summed E-state index contributed by atoms with van der Waals surface area (Å²) in [5.74, 6) is 0.998. The number of hydrogen-bond acceptors (Lipinski definition) is 2. The molecule has 0 bridgehead atoms. The summed E-state index contributed by atoms with van der Waals surface area (Å²) in [4.78, 5) is 19.8. The molecule has 5 heteroatoms. The van der Waals surface area contributed by atoms with Gasteiger partial charge in [0.25, 0.3) is 0 Å². The van der Waals surface area contributed by atoms with Gasteiger partial charge in [-0.15, -0.1) is 0 Å². The summed E-state index contributed by atoms with van der Waals surface area (Å²) in [6.07, 6.45) is 1.52. The maximum Gasteiger partial charge on any atom is 0.223 e. The molecule has 0 saturated carbocycles. The van der Waals surface area contributed by atoms with Gasteiger partial charge in [0.15, 0.2) is 5.96 Å². The molecule has 0 aromatic heterocycles. The molecule has 1 aromatic rings. The summed E-state index contributed by atoms with van der Waals surface area (Å²) in [7, 11) is 5.34. The number of guanidine groups is 1. The number of carbonyl (C=O) groups is 1. The van der Waals surface area contributed by atoms with Crippen LogP contribution in [0.3, 0.4) is 0 Å². The minimum Gasteiger partial charge on any atom is -0.356 e. The van der Waals surface area contributed by atoms with Gasteiger partial charge in [-0.1, -0.05) is 24.3 Å². The van der Waals surface area contributed by atoms with Gasteiger partial charge in [0.05, 0.1) is 0 Å². The fourth-order valence-corrected chi connectivity index (χ4v) is 2.51. The van der Waals surface area contributed by atoms with Gasteiger partial charge >= 0.3 is 0 Å². The average molecular weight is 288 g/mol. The molecule has 0 radical (unpaired) electrons. The summed E-state index contributed by atoms with van der Waals surface area (Å²) >= 11 is 0. The number of rotatable bonds is 3. The van der Waals surface area contributed by atoms with Crippen molar-refractivity contribution in [3.05, 3.63) is 35.4 Å². The first-order valence-electron chi connectivity index (χ1n) is 7.34. The molecule has 2 rings (SSSR count). The van der Waals surface area contributed by atoms with E-state index in [-0.39, 0.29) is 5.91 Å². The largest absolute Gasteiger partial charge is 0.356 e. The zero-order valence-corrected chi connectivity index (χ0v) is 13.1. The molecule has 5 nitrogen and oxygen atoms in total. The summed E-state index contributed by atoms with van der Waals surface area (Å²) in [5.41, 5.74) is 2.78. The Morgan fingerprint density at radius 2 is 2.05 bits per heavy atom. The Labute approximate surface area is 126 Å². The van der Waals surface area contributed by atoms with E-state index in [4.69, 9.17) is 0 Å². The van der Waals surface area contributed by atoms with Crippen molar-refractivity contribution in [2.24, 2.45) is 4.99 Å². The van der Waals surface area contributed by atoms with Gasteiger partial charge in [-0.05, 0) is 17.5 Å². The Kier molecular flexibility index (Phi) is 5.20. The molecule has 0 atom stereocenters. The lowest BCUT2D eigenvalue weighted by Crippen LogP contribution is -2.44. The van der Waals surface area contributed by atoms with Crippen LogP contribution >= 0.6 is 0 Å². The normalized spacial score (nSPS) is 14.6. The molecule has 0 spiro atoms. The highest BCUT2D eigenvalue weighted by Gasteiger charge is 2.18. The van der Waals surface area contributed by atoms with Crippen molar-refractivity contribution in [1.29, 1.82) is 0 Å². The third kappa shape index (κ3) is 3.97. The second-order valence-corrected chi connectivity index (χ2v) is 5.45. The van der Waals surface area contributed by atoms with E-state index in [1.807, 2.05) is 0 Å². The van der Waals surface area contributed by atoms with E-state index < -0.39 is 0 Å². The number of hydrogen-bond donors (Lipinski definition) is 1. The lowest BCUT2D eigenvalue weighted by Gasteiger charge is -2.31. The van der Waals surface area contributed by atoms with Gasteiger partial charge in [0.2, 0.25) is 5.91 Å². The van der Waals surface area contributed by atoms with E-state index >= 15 is 0 Å². The summed E-state index contributed by atoms with van der Waals surface area (Å²) in [6, 6.07) is 8.53. The fraction of sp³-hybridized carbons (Fsp3) is 0.500. The third-order valence-corrected chi connectivity index (χ3v) is 3.76. The van der Waals surface area contributed by atoms with Crippen LogP contribution in [0.2, 0.25) is 0 Å². The van der Waals surface area contributed by atoms with Crippen molar-refractivity contribution in [2.45, 2.75) is 19.4 Å². The van der Waals surface area contributed by atoms with E-state index in [0.29, 0.717) is 13.0 Å². The Morgan fingerprint density at radius 3 is 2.71 bits per heavy atom. The number of fused-ring (bicyclic) bond motifs is 1. The maximum absolute atomic E-state index is 11.6. The highest BCUT2D eigenvalue weighted by molar-refractivity contribution is 5.81. The first-order valence-corrected chi connectivity index (χ1v) is 7.34. The lowest BCUT2D eigenvalue weighted by molar-refractivity contribution is -0.128. The van der Waals surface area contributed by atoms with Crippen molar-refractivity contribution in [3.8, 4) is 0 Å². The second kappa shape index (κ2) is 7.11. The Hall–Kier alpha value is -2.04. The van der Waals surface area contributed by atoms with Crippen LogP contribution in [0.25, 0.3) is 0 Å². The van der Waals surface area contributed by atoms with E-state index in [2.05, 4.69) is 39.5 Å². The monoisotopic (exact) mass is 288 g/mol. The van der Waals surface area contributed by atoms with Crippen molar-refractivity contribution < 1.29 is 4.79 Å². The van der Waals surface area contributed by atoms with Crippen molar-refractivity contribution in [3.63, 3.8) is 0 Å².